The molecular formula is C22H21ClN2O3. The van der Waals surface area contributed by atoms with Crippen molar-refractivity contribution in [2.75, 3.05) is 7.11 Å². The van der Waals surface area contributed by atoms with E-state index in [1.54, 1.807) is 20.1 Å². The Hall–Kier alpha value is -2.79. The summed E-state index contributed by atoms with van der Waals surface area (Å²) < 4.78 is 10.6. The Kier molecular flexibility index (Phi) is 5.09. The second-order valence-electron chi connectivity index (χ2n) is 7.00. The number of carbonyl (C=O) groups is 1. The zero-order valence-corrected chi connectivity index (χ0v) is 16.5. The lowest BCUT2D eigenvalue weighted by atomic mass is 10.0. The van der Waals surface area contributed by atoms with Crippen LogP contribution in [-0.4, -0.2) is 18.2 Å². The molecule has 0 aliphatic heterocycles. The molecule has 3 aromatic rings. The van der Waals surface area contributed by atoms with E-state index in [2.05, 4.69) is 10.5 Å². The van der Waals surface area contributed by atoms with Gasteiger partial charge in [-0.05, 0) is 49.4 Å². The van der Waals surface area contributed by atoms with Crippen molar-refractivity contribution in [2.24, 2.45) is 5.92 Å². The van der Waals surface area contributed by atoms with Gasteiger partial charge in [0.1, 0.15) is 22.8 Å². The molecule has 0 spiro atoms. The predicted octanol–water partition coefficient (Wildman–Crippen LogP) is 5.19. The Morgan fingerprint density at radius 2 is 1.93 bits per heavy atom. The van der Waals surface area contributed by atoms with E-state index >= 15 is 0 Å². The molecule has 0 bridgehead atoms. The molecule has 1 atom stereocenters. The summed E-state index contributed by atoms with van der Waals surface area (Å²) in [4.78, 5) is 13.2. The van der Waals surface area contributed by atoms with Gasteiger partial charge in [-0.25, -0.2) is 0 Å². The van der Waals surface area contributed by atoms with Crippen LogP contribution >= 0.6 is 11.6 Å². The zero-order valence-electron chi connectivity index (χ0n) is 15.7. The molecule has 1 amide bonds. The van der Waals surface area contributed by atoms with Gasteiger partial charge in [0.25, 0.3) is 5.91 Å². The highest BCUT2D eigenvalue weighted by atomic mass is 35.5. The van der Waals surface area contributed by atoms with Crippen LogP contribution in [0.4, 0.5) is 0 Å². The summed E-state index contributed by atoms with van der Waals surface area (Å²) >= 11 is 6.31. The van der Waals surface area contributed by atoms with Crippen LogP contribution in [0.2, 0.25) is 5.02 Å². The zero-order chi connectivity index (χ0) is 19.7. The van der Waals surface area contributed by atoms with Gasteiger partial charge >= 0.3 is 0 Å². The summed E-state index contributed by atoms with van der Waals surface area (Å²) in [7, 11) is 1.64. The first-order valence-electron chi connectivity index (χ1n) is 9.24. The Morgan fingerprint density at radius 1 is 1.21 bits per heavy atom. The Morgan fingerprint density at radius 3 is 2.57 bits per heavy atom. The van der Waals surface area contributed by atoms with E-state index in [0.29, 0.717) is 33.5 Å². The Bertz CT molecular complexity index is 993. The number of rotatable bonds is 6. The number of hydrogen-bond donors (Lipinski definition) is 1. The maximum absolute atomic E-state index is 13.2. The van der Waals surface area contributed by atoms with Gasteiger partial charge in [0.2, 0.25) is 0 Å². The molecule has 5 nitrogen and oxygen atoms in total. The maximum atomic E-state index is 13.2. The fourth-order valence-corrected chi connectivity index (χ4v) is 3.63. The average Bonchev–Trinajstić information content (AvgIpc) is 3.48. The molecule has 0 radical (unpaired) electrons. The van der Waals surface area contributed by atoms with E-state index < -0.39 is 0 Å². The van der Waals surface area contributed by atoms with Crippen LogP contribution in [0, 0.1) is 12.8 Å². The minimum absolute atomic E-state index is 0.0631. The minimum Gasteiger partial charge on any atom is -0.497 e. The quantitative estimate of drug-likeness (QED) is 0.622. The first-order valence-corrected chi connectivity index (χ1v) is 9.62. The van der Waals surface area contributed by atoms with Crippen LogP contribution in [0.3, 0.4) is 0 Å². The topological polar surface area (TPSA) is 64.4 Å². The molecule has 1 fully saturated rings. The van der Waals surface area contributed by atoms with E-state index in [1.165, 1.54) is 0 Å². The van der Waals surface area contributed by atoms with Gasteiger partial charge in [-0.2, -0.15) is 0 Å². The van der Waals surface area contributed by atoms with Crippen molar-refractivity contribution in [3.05, 3.63) is 70.4 Å². The fraction of sp³-hybridized carbons (Fsp3) is 0.273. The highest BCUT2D eigenvalue weighted by Crippen LogP contribution is 2.42. The van der Waals surface area contributed by atoms with E-state index in [-0.39, 0.29) is 11.9 Å². The number of methoxy groups -OCH3 is 1. The molecule has 1 aromatic heterocycles. The minimum atomic E-state index is -0.207. The summed E-state index contributed by atoms with van der Waals surface area (Å²) in [6.45, 7) is 1.74. The molecule has 28 heavy (non-hydrogen) atoms. The number of carbonyl (C=O) groups excluding carboxylic acids is 1. The maximum Gasteiger partial charge on any atom is 0.257 e. The van der Waals surface area contributed by atoms with Crippen molar-refractivity contribution in [3.8, 4) is 17.0 Å². The van der Waals surface area contributed by atoms with Crippen LogP contribution < -0.4 is 10.1 Å². The van der Waals surface area contributed by atoms with Gasteiger partial charge in [0, 0.05) is 5.56 Å². The van der Waals surface area contributed by atoms with Crippen molar-refractivity contribution < 1.29 is 14.1 Å². The molecule has 144 valence electrons. The number of benzene rings is 2. The molecule has 4 rings (SSSR count). The first kappa shape index (κ1) is 18.6. The molecule has 2 aromatic carbocycles. The molecule has 1 N–H and O–H groups in total. The third kappa shape index (κ3) is 3.62. The summed E-state index contributed by atoms with van der Waals surface area (Å²) in [5, 5.41) is 7.80. The molecule has 1 saturated carbocycles. The van der Waals surface area contributed by atoms with E-state index in [1.807, 2.05) is 42.5 Å². The Labute approximate surface area is 168 Å². The molecule has 6 heteroatoms. The highest BCUT2D eigenvalue weighted by Gasteiger charge is 2.35. The molecule has 1 aliphatic carbocycles. The van der Waals surface area contributed by atoms with Gasteiger partial charge in [-0.1, -0.05) is 47.1 Å². The van der Waals surface area contributed by atoms with Crippen molar-refractivity contribution in [1.29, 1.82) is 0 Å². The number of aromatic nitrogens is 1. The summed E-state index contributed by atoms with van der Waals surface area (Å²) in [6, 6.07) is 15.1. The van der Waals surface area contributed by atoms with E-state index in [4.69, 9.17) is 20.9 Å². The first-order chi connectivity index (χ1) is 13.6. The SMILES string of the molecule is COc1ccc([C@H](NC(=O)c2c(-c3ccccc3Cl)noc2C)C2CC2)cc1. The summed E-state index contributed by atoms with van der Waals surface area (Å²) in [5.74, 6) is 1.49. The van der Waals surface area contributed by atoms with Crippen LogP contribution in [0.5, 0.6) is 5.75 Å². The van der Waals surface area contributed by atoms with Crippen molar-refractivity contribution >= 4 is 17.5 Å². The second kappa shape index (κ2) is 7.68. The molecule has 0 saturated heterocycles. The number of amides is 1. The second-order valence-corrected chi connectivity index (χ2v) is 7.41. The molecule has 1 aliphatic rings. The molecular weight excluding hydrogens is 376 g/mol. The van der Waals surface area contributed by atoms with Gasteiger partial charge in [-0.3, -0.25) is 4.79 Å². The summed E-state index contributed by atoms with van der Waals surface area (Å²) in [5.41, 5.74) is 2.63. The number of nitrogens with one attached hydrogen (secondary N) is 1. The van der Waals surface area contributed by atoms with Crippen molar-refractivity contribution in [2.45, 2.75) is 25.8 Å². The van der Waals surface area contributed by atoms with Crippen LogP contribution in [0.15, 0.2) is 53.1 Å². The van der Waals surface area contributed by atoms with Crippen molar-refractivity contribution in [1.82, 2.24) is 10.5 Å². The lowest BCUT2D eigenvalue weighted by Gasteiger charge is -2.19. The molecule has 1 heterocycles. The average molecular weight is 397 g/mol. The van der Waals surface area contributed by atoms with Gasteiger partial charge in [-0.15, -0.1) is 0 Å². The standard InChI is InChI=1S/C22H21ClN2O3/c1-13-19(21(25-28-13)17-5-3-4-6-18(17)23)22(26)24-20(14-7-8-14)15-9-11-16(27-2)12-10-15/h3-6,9-12,14,20H,7-8H2,1-2H3,(H,24,26)/t20-/m1/s1. The third-order valence-electron chi connectivity index (χ3n) is 5.07. The van der Waals surface area contributed by atoms with Crippen LogP contribution in [0.1, 0.15) is 40.6 Å². The highest BCUT2D eigenvalue weighted by molar-refractivity contribution is 6.33. The fourth-order valence-electron chi connectivity index (χ4n) is 3.40. The van der Waals surface area contributed by atoms with Gasteiger partial charge in [0.05, 0.1) is 18.2 Å². The van der Waals surface area contributed by atoms with Crippen LogP contribution in [-0.2, 0) is 0 Å². The molecule has 0 unspecified atom stereocenters. The predicted molar refractivity (Wildman–Crippen MR) is 108 cm³/mol. The Balaban J connectivity index is 1.64. The monoisotopic (exact) mass is 396 g/mol. The lowest BCUT2D eigenvalue weighted by molar-refractivity contribution is 0.0930. The van der Waals surface area contributed by atoms with Gasteiger partial charge < -0.3 is 14.6 Å². The van der Waals surface area contributed by atoms with E-state index in [0.717, 1.165) is 24.2 Å². The number of hydrogen-bond acceptors (Lipinski definition) is 4. The number of halogens is 1. The largest absolute Gasteiger partial charge is 0.497 e. The number of nitrogens with zero attached hydrogens (tertiary/aromatic N) is 1. The smallest absolute Gasteiger partial charge is 0.257 e. The number of ether oxygens (including phenoxy) is 1. The number of aryl methyl sites for hydroxylation is 1. The van der Waals surface area contributed by atoms with Gasteiger partial charge in [0.15, 0.2) is 0 Å². The summed E-state index contributed by atoms with van der Waals surface area (Å²) in [6.07, 6.45) is 2.19. The van der Waals surface area contributed by atoms with Crippen LogP contribution in [0.25, 0.3) is 11.3 Å². The lowest BCUT2D eigenvalue weighted by Crippen LogP contribution is -2.30. The normalized spacial score (nSPS) is 14.5. The van der Waals surface area contributed by atoms with Crippen molar-refractivity contribution in [3.63, 3.8) is 0 Å². The van der Waals surface area contributed by atoms with E-state index in [9.17, 15) is 4.79 Å². The third-order valence-corrected chi connectivity index (χ3v) is 5.40.